The lowest BCUT2D eigenvalue weighted by atomic mass is 9.87. The zero-order valence-corrected chi connectivity index (χ0v) is 14.8. The van der Waals surface area contributed by atoms with Gasteiger partial charge in [0, 0.05) is 5.69 Å². The maximum atomic E-state index is 12.7. The Labute approximate surface area is 149 Å². The number of carboxylic acids is 1. The molecule has 1 heterocycles. The van der Waals surface area contributed by atoms with Crippen LogP contribution in [-0.2, 0) is 5.41 Å². The van der Waals surface area contributed by atoms with E-state index in [0.717, 1.165) is 5.56 Å². The van der Waals surface area contributed by atoms with Gasteiger partial charge in [-0.3, -0.25) is 9.36 Å². The monoisotopic (exact) mass is 356 g/mol. The zero-order chi connectivity index (χ0) is 18.4. The van der Waals surface area contributed by atoms with Gasteiger partial charge >= 0.3 is 5.97 Å². The van der Waals surface area contributed by atoms with E-state index in [1.54, 1.807) is 30.3 Å². The van der Waals surface area contributed by atoms with E-state index in [0.29, 0.717) is 16.2 Å². The molecule has 0 unspecified atom stereocenters. The van der Waals surface area contributed by atoms with Crippen molar-refractivity contribution in [2.24, 2.45) is 0 Å². The summed E-state index contributed by atoms with van der Waals surface area (Å²) in [6.45, 7) is 6.29. The average Bonchev–Trinajstić information content (AvgIpc) is 2.54. The fourth-order valence-electron chi connectivity index (χ4n) is 2.68. The van der Waals surface area contributed by atoms with Gasteiger partial charge in [0.05, 0.1) is 10.5 Å². The van der Waals surface area contributed by atoms with E-state index in [1.165, 1.54) is 4.57 Å². The molecule has 0 spiro atoms. The molecule has 1 N–H and O–H groups in total. The number of carbonyl (C=O) groups is 1. The Bertz CT molecular complexity index is 1030. The van der Waals surface area contributed by atoms with Crippen LogP contribution in [0.1, 0.15) is 36.8 Å². The number of aromatic carboxylic acids is 1. The van der Waals surface area contributed by atoms with Crippen molar-refractivity contribution in [2.75, 3.05) is 0 Å². The van der Waals surface area contributed by atoms with Gasteiger partial charge < -0.3 is 5.11 Å². The summed E-state index contributed by atoms with van der Waals surface area (Å²) in [5, 5.41) is 9.61. The summed E-state index contributed by atoms with van der Waals surface area (Å²) >= 11 is 6.16. The third-order valence-electron chi connectivity index (χ3n) is 4.03. The van der Waals surface area contributed by atoms with Crippen LogP contribution in [0.5, 0.6) is 0 Å². The van der Waals surface area contributed by atoms with Gasteiger partial charge in [0.25, 0.3) is 5.56 Å². The SMILES string of the molecule is CC(C)(C)c1ccc(-n2c(=O)c(C(=O)O)nc3c(Cl)cccc32)cc1. The minimum atomic E-state index is -1.38. The van der Waals surface area contributed by atoms with E-state index in [-0.39, 0.29) is 10.9 Å². The molecule has 0 aliphatic heterocycles. The van der Waals surface area contributed by atoms with Crippen LogP contribution in [-0.4, -0.2) is 20.6 Å². The first-order valence-electron chi connectivity index (χ1n) is 7.75. The third kappa shape index (κ3) is 3.03. The predicted octanol–water partition coefficient (Wildman–Crippen LogP) is 4.03. The summed E-state index contributed by atoms with van der Waals surface area (Å²) in [6, 6.07) is 12.5. The van der Waals surface area contributed by atoms with Crippen molar-refractivity contribution in [3.05, 3.63) is 69.1 Å². The van der Waals surface area contributed by atoms with Crippen LogP contribution < -0.4 is 5.56 Å². The van der Waals surface area contributed by atoms with Gasteiger partial charge in [-0.05, 0) is 35.2 Å². The van der Waals surface area contributed by atoms with Crippen molar-refractivity contribution < 1.29 is 9.90 Å². The van der Waals surface area contributed by atoms with Crippen LogP contribution in [0.25, 0.3) is 16.7 Å². The molecule has 3 rings (SSSR count). The van der Waals surface area contributed by atoms with Crippen molar-refractivity contribution in [1.82, 2.24) is 9.55 Å². The molecule has 1 aromatic heterocycles. The van der Waals surface area contributed by atoms with E-state index in [4.69, 9.17) is 11.6 Å². The number of aromatic nitrogens is 2. The molecule has 0 aliphatic carbocycles. The van der Waals surface area contributed by atoms with Crippen molar-refractivity contribution in [1.29, 1.82) is 0 Å². The Morgan fingerprint density at radius 1 is 1.12 bits per heavy atom. The highest BCUT2D eigenvalue weighted by Gasteiger charge is 2.19. The Morgan fingerprint density at radius 2 is 1.76 bits per heavy atom. The number of fused-ring (bicyclic) bond motifs is 1. The second-order valence-electron chi connectivity index (χ2n) is 6.81. The highest BCUT2D eigenvalue weighted by molar-refractivity contribution is 6.34. The van der Waals surface area contributed by atoms with E-state index in [2.05, 4.69) is 25.8 Å². The Morgan fingerprint density at radius 3 is 2.32 bits per heavy atom. The van der Waals surface area contributed by atoms with Crippen LogP contribution >= 0.6 is 11.6 Å². The number of nitrogens with zero attached hydrogens (tertiary/aromatic N) is 2. The molecule has 0 saturated heterocycles. The van der Waals surface area contributed by atoms with Crippen LogP contribution in [0, 0.1) is 0 Å². The smallest absolute Gasteiger partial charge is 0.360 e. The highest BCUT2D eigenvalue weighted by atomic mass is 35.5. The number of para-hydroxylation sites is 1. The summed E-state index contributed by atoms with van der Waals surface area (Å²) in [5.41, 5.74) is 1.15. The minimum absolute atomic E-state index is 0.0284. The highest BCUT2D eigenvalue weighted by Crippen LogP contribution is 2.25. The van der Waals surface area contributed by atoms with Gasteiger partial charge in [-0.25, -0.2) is 9.78 Å². The quantitative estimate of drug-likeness (QED) is 0.752. The Balaban J connectivity index is 2.35. The molecule has 25 heavy (non-hydrogen) atoms. The first kappa shape index (κ1) is 17.2. The molecule has 0 atom stereocenters. The zero-order valence-electron chi connectivity index (χ0n) is 14.1. The summed E-state index contributed by atoms with van der Waals surface area (Å²) in [6.07, 6.45) is 0. The second kappa shape index (κ2) is 6.01. The van der Waals surface area contributed by atoms with Crippen molar-refractivity contribution in [3.8, 4) is 5.69 Å². The lowest BCUT2D eigenvalue weighted by Crippen LogP contribution is -2.27. The number of benzene rings is 2. The molecule has 0 fully saturated rings. The van der Waals surface area contributed by atoms with Crippen molar-refractivity contribution in [2.45, 2.75) is 26.2 Å². The first-order valence-corrected chi connectivity index (χ1v) is 8.13. The van der Waals surface area contributed by atoms with Crippen LogP contribution in [0.4, 0.5) is 0 Å². The predicted molar refractivity (Wildman–Crippen MR) is 98.0 cm³/mol. The van der Waals surface area contributed by atoms with E-state index in [9.17, 15) is 14.7 Å². The normalized spacial score (nSPS) is 11.7. The van der Waals surface area contributed by atoms with Gasteiger partial charge in [0.2, 0.25) is 5.69 Å². The molecular formula is C19H17ClN2O3. The summed E-state index contributed by atoms with van der Waals surface area (Å²) in [4.78, 5) is 28.1. The van der Waals surface area contributed by atoms with E-state index < -0.39 is 17.2 Å². The van der Waals surface area contributed by atoms with Crippen LogP contribution in [0.15, 0.2) is 47.3 Å². The first-order chi connectivity index (χ1) is 11.7. The fourth-order valence-corrected chi connectivity index (χ4v) is 2.89. The molecule has 6 heteroatoms. The number of rotatable bonds is 2. The number of carboxylic acid groups (broad SMARTS) is 1. The molecular weight excluding hydrogens is 340 g/mol. The lowest BCUT2D eigenvalue weighted by molar-refractivity contribution is 0.0688. The summed E-state index contributed by atoms with van der Waals surface area (Å²) in [5.74, 6) is -1.38. The maximum Gasteiger partial charge on any atom is 0.360 e. The molecule has 128 valence electrons. The van der Waals surface area contributed by atoms with Gasteiger partial charge in [0.1, 0.15) is 5.52 Å². The third-order valence-corrected chi connectivity index (χ3v) is 4.33. The average molecular weight is 357 g/mol. The van der Waals surface area contributed by atoms with E-state index >= 15 is 0 Å². The lowest BCUT2D eigenvalue weighted by Gasteiger charge is -2.19. The number of halogens is 1. The molecule has 0 aliphatic rings. The van der Waals surface area contributed by atoms with Crippen LogP contribution in [0.2, 0.25) is 5.02 Å². The van der Waals surface area contributed by atoms with Crippen LogP contribution in [0.3, 0.4) is 0 Å². The molecule has 2 aromatic carbocycles. The summed E-state index contributed by atoms with van der Waals surface area (Å²) < 4.78 is 1.34. The number of hydrogen-bond acceptors (Lipinski definition) is 3. The molecule has 0 bridgehead atoms. The molecule has 0 amide bonds. The van der Waals surface area contributed by atoms with Crippen molar-refractivity contribution >= 4 is 28.6 Å². The molecule has 0 saturated carbocycles. The minimum Gasteiger partial charge on any atom is -0.476 e. The number of hydrogen-bond donors (Lipinski definition) is 1. The van der Waals surface area contributed by atoms with Gasteiger partial charge in [-0.2, -0.15) is 0 Å². The van der Waals surface area contributed by atoms with Gasteiger partial charge in [0.15, 0.2) is 0 Å². The summed E-state index contributed by atoms with van der Waals surface area (Å²) in [7, 11) is 0. The molecule has 0 radical (unpaired) electrons. The fraction of sp³-hybridized carbons (Fsp3) is 0.211. The maximum absolute atomic E-state index is 12.7. The topological polar surface area (TPSA) is 72.2 Å². The Hall–Kier alpha value is -2.66. The van der Waals surface area contributed by atoms with Gasteiger partial charge in [-0.1, -0.05) is 50.6 Å². The Kier molecular flexibility index (Phi) is 4.13. The van der Waals surface area contributed by atoms with Crippen molar-refractivity contribution in [3.63, 3.8) is 0 Å². The van der Waals surface area contributed by atoms with E-state index in [1.807, 2.05) is 12.1 Å². The van der Waals surface area contributed by atoms with Gasteiger partial charge in [-0.15, -0.1) is 0 Å². The molecule has 3 aromatic rings. The second-order valence-corrected chi connectivity index (χ2v) is 7.22. The largest absolute Gasteiger partial charge is 0.476 e. The standard InChI is InChI=1S/C19H17ClN2O3/c1-19(2,3)11-7-9-12(10-8-11)22-14-6-4-5-13(20)15(14)21-16(17(22)23)18(24)25/h4-10H,1-3H3,(H,24,25). The molecule has 5 nitrogen and oxygen atoms in total.